The van der Waals surface area contributed by atoms with Crippen molar-refractivity contribution in [2.24, 2.45) is 0 Å². The molecular formula is C6H11NO. The minimum absolute atomic E-state index is 0.382. The fraction of sp³-hybridized carbons (Fsp3) is 0.667. The van der Waals surface area contributed by atoms with E-state index in [2.05, 4.69) is 13.5 Å². The van der Waals surface area contributed by atoms with Gasteiger partial charge in [-0.2, -0.15) is 0 Å². The van der Waals surface area contributed by atoms with Crippen molar-refractivity contribution in [1.29, 1.82) is 0 Å². The van der Waals surface area contributed by atoms with E-state index in [0.29, 0.717) is 12.8 Å². The number of hydrogen-bond donors (Lipinski definition) is 0. The molecule has 8 heavy (non-hydrogen) atoms. The Labute approximate surface area is 49.7 Å². The molecule has 0 spiro atoms. The first-order valence-electron chi connectivity index (χ1n) is 2.81. The van der Waals surface area contributed by atoms with Gasteiger partial charge in [-0.3, -0.25) is 0 Å². The van der Waals surface area contributed by atoms with Gasteiger partial charge >= 0.3 is 0 Å². The van der Waals surface area contributed by atoms with Gasteiger partial charge in [0.1, 0.15) is 6.73 Å². The SMILES string of the molecule is C=CN1COC(C)C1. The van der Waals surface area contributed by atoms with Crippen molar-refractivity contribution in [1.82, 2.24) is 4.90 Å². The second kappa shape index (κ2) is 2.18. The number of hydrogen-bond acceptors (Lipinski definition) is 2. The van der Waals surface area contributed by atoms with E-state index in [0.717, 1.165) is 6.54 Å². The van der Waals surface area contributed by atoms with Crippen LogP contribution in [-0.2, 0) is 4.74 Å². The van der Waals surface area contributed by atoms with Crippen LogP contribution in [-0.4, -0.2) is 24.3 Å². The largest absolute Gasteiger partial charge is 0.356 e. The highest BCUT2D eigenvalue weighted by molar-refractivity contribution is 4.74. The smallest absolute Gasteiger partial charge is 0.119 e. The zero-order valence-electron chi connectivity index (χ0n) is 5.13. The van der Waals surface area contributed by atoms with Gasteiger partial charge in [0.05, 0.1) is 6.10 Å². The molecule has 2 nitrogen and oxygen atoms in total. The van der Waals surface area contributed by atoms with Gasteiger partial charge in [-0.1, -0.05) is 6.58 Å². The maximum absolute atomic E-state index is 5.21. The van der Waals surface area contributed by atoms with E-state index >= 15 is 0 Å². The van der Waals surface area contributed by atoms with Crippen LogP contribution in [0.15, 0.2) is 12.8 Å². The molecular weight excluding hydrogens is 102 g/mol. The predicted molar refractivity (Wildman–Crippen MR) is 32.3 cm³/mol. The lowest BCUT2D eigenvalue weighted by Gasteiger charge is -2.05. The lowest BCUT2D eigenvalue weighted by Crippen LogP contribution is -2.13. The molecule has 0 aromatic rings. The molecule has 1 aliphatic heterocycles. The highest BCUT2D eigenvalue weighted by atomic mass is 16.5. The minimum atomic E-state index is 0.382. The van der Waals surface area contributed by atoms with Crippen molar-refractivity contribution in [2.45, 2.75) is 13.0 Å². The lowest BCUT2D eigenvalue weighted by atomic mass is 10.4. The van der Waals surface area contributed by atoms with E-state index in [9.17, 15) is 0 Å². The van der Waals surface area contributed by atoms with E-state index in [4.69, 9.17) is 4.74 Å². The first-order chi connectivity index (χ1) is 3.83. The molecule has 1 saturated heterocycles. The van der Waals surface area contributed by atoms with Crippen LogP contribution in [0.1, 0.15) is 6.92 Å². The highest BCUT2D eigenvalue weighted by Gasteiger charge is 2.14. The molecule has 1 aliphatic rings. The maximum atomic E-state index is 5.21. The van der Waals surface area contributed by atoms with Crippen LogP contribution >= 0.6 is 0 Å². The van der Waals surface area contributed by atoms with Crippen LogP contribution in [0, 0.1) is 0 Å². The molecule has 0 aliphatic carbocycles. The first kappa shape index (κ1) is 5.63. The van der Waals surface area contributed by atoms with E-state index in [1.165, 1.54) is 0 Å². The lowest BCUT2D eigenvalue weighted by molar-refractivity contribution is 0.110. The Hall–Kier alpha value is -0.500. The van der Waals surface area contributed by atoms with Crippen LogP contribution in [0.4, 0.5) is 0 Å². The van der Waals surface area contributed by atoms with E-state index in [1.54, 1.807) is 0 Å². The summed E-state index contributed by atoms with van der Waals surface area (Å²) in [6.07, 6.45) is 2.19. The third-order valence-corrected chi connectivity index (χ3v) is 1.27. The summed E-state index contributed by atoms with van der Waals surface area (Å²) in [4.78, 5) is 2.05. The molecule has 0 bridgehead atoms. The molecule has 0 amide bonds. The molecule has 1 fully saturated rings. The zero-order valence-corrected chi connectivity index (χ0v) is 5.13. The molecule has 1 heterocycles. The van der Waals surface area contributed by atoms with E-state index in [-0.39, 0.29) is 0 Å². The van der Waals surface area contributed by atoms with Crippen LogP contribution in [0.2, 0.25) is 0 Å². The van der Waals surface area contributed by atoms with Gasteiger partial charge in [0.15, 0.2) is 0 Å². The Morgan fingerprint density at radius 2 is 2.62 bits per heavy atom. The van der Waals surface area contributed by atoms with Crippen molar-refractivity contribution < 1.29 is 4.74 Å². The Morgan fingerprint density at radius 3 is 2.88 bits per heavy atom. The molecule has 0 saturated carbocycles. The monoisotopic (exact) mass is 113 g/mol. The molecule has 0 aromatic heterocycles. The second-order valence-corrected chi connectivity index (χ2v) is 2.06. The van der Waals surface area contributed by atoms with Gasteiger partial charge in [0.2, 0.25) is 0 Å². The van der Waals surface area contributed by atoms with Gasteiger partial charge in [-0.05, 0) is 13.1 Å². The summed E-state index contributed by atoms with van der Waals surface area (Å²) in [6, 6.07) is 0. The molecule has 2 heteroatoms. The Morgan fingerprint density at radius 1 is 1.88 bits per heavy atom. The number of ether oxygens (including phenoxy) is 1. The second-order valence-electron chi connectivity index (χ2n) is 2.06. The topological polar surface area (TPSA) is 12.5 Å². The van der Waals surface area contributed by atoms with E-state index in [1.807, 2.05) is 11.1 Å². The molecule has 1 unspecified atom stereocenters. The normalized spacial score (nSPS) is 28.6. The molecule has 0 radical (unpaired) electrons. The standard InChI is InChI=1S/C6H11NO/c1-3-7-4-6(2)8-5-7/h3,6H,1,4-5H2,2H3. The van der Waals surface area contributed by atoms with E-state index < -0.39 is 0 Å². The molecule has 1 atom stereocenters. The Balaban J connectivity index is 2.32. The third-order valence-electron chi connectivity index (χ3n) is 1.27. The molecule has 0 aromatic carbocycles. The van der Waals surface area contributed by atoms with Crippen LogP contribution in [0.5, 0.6) is 0 Å². The highest BCUT2D eigenvalue weighted by Crippen LogP contribution is 2.05. The fourth-order valence-electron chi connectivity index (χ4n) is 0.786. The summed E-state index contributed by atoms with van der Waals surface area (Å²) >= 11 is 0. The molecule has 0 N–H and O–H groups in total. The first-order valence-corrected chi connectivity index (χ1v) is 2.81. The third kappa shape index (κ3) is 1.01. The van der Waals surface area contributed by atoms with Crippen molar-refractivity contribution in [2.75, 3.05) is 13.3 Å². The summed E-state index contributed by atoms with van der Waals surface area (Å²) in [5, 5.41) is 0. The molecule has 1 rings (SSSR count). The average Bonchev–Trinajstić information content (AvgIpc) is 2.14. The summed E-state index contributed by atoms with van der Waals surface area (Å²) in [5.41, 5.74) is 0. The van der Waals surface area contributed by atoms with Crippen LogP contribution in [0.3, 0.4) is 0 Å². The van der Waals surface area contributed by atoms with Crippen molar-refractivity contribution in [3.05, 3.63) is 12.8 Å². The Kier molecular flexibility index (Phi) is 1.53. The van der Waals surface area contributed by atoms with Crippen molar-refractivity contribution in [3.8, 4) is 0 Å². The van der Waals surface area contributed by atoms with Gasteiger partial charge in [-0.15, -0.1) is 0 Å². The zero-order chi connectivity index (χ0) is 5.98. The number of nitrogens with zero attached hydrogens (tertiary/aromatic N) is 1. The maximum Gasteiger partial charge on any atom is 0.119 e. The minimum Gasteiger partial charge on any atom is -0.356 e. The van der Waals surface area contributed by atoms with Gasteiger partial charge in [0.25, 0.3) is 0 Å². The summed E-state index contributed by atoms with van der Waals surface area (Å²) in [7, 11) is 0. The van der Waals surface area contributed by atoms with Gasteiger partial charge in [0, 0.05) is 6.54 Å². The van der Waals surface area contributed by atoms with Crippen molar-refractivity contribution in [3.63, 3.8) is 0 Å². The summed E-state index contributed by atoms with van der Waals surface area (Å²) in [6.45, 7) is 7.38. The quantitative estimate of drug-likeness (QED) is 0.499. The molecule has 46 valence electrons. The van der Waals surface area contributed by atoms with Crippen molar-refractivity contribution >= 4 is 0 Å². The predicted octanol–water partition coefficient (Wildman–Crippen LogP) is 0.808. The summed E-state index contributed by atoms with van der Waals surface area (Å²) in [5.74, 6) is 0. The van der Waals surface area contributed by atoms with Crippen LogP contribution in [0.25, 0.3) is 0 Å². The summed E-state index contributed by atoms with van der Waals surface area (Å²) < 4.78 is 5.21. The number of rotatable bonds is 1. The van der Waals surface area contributed by atoms with Gasteiger partial charge in [-0.25, -0.2) is 0 Å². The Bertz CT molecular complexity index is 92.5. The average molecular weight is 113 g/mol. The van der Waals surface area contributed by atoms with Crippen LogP contribution < -0.4 is 0 Å². The fourth-order valence-corrected chi connectivity index (χ4v) is 0.786. The van der Waals surface area contributed by atoms with Gasteiger partial charge < -0.3 is 9.64 Å².